The summed E-state index contributed by atoms with van der Waals surface area (Å²) in [6.07, 6.45) is 0. The summed E-state index contributed by atoms with van der Waals surface area (Å²) >= 11 is 3.44. The maximum absolute atomic E-state index is 11.9. The Balaban J connectivity index is 1.76. The summed E-state index contributed by atoms with van der Waals surface area (Å²) in [6, 6.07) is 20.3. The lowest BCUT2D eigenvalue weighted by Gasteiger charge is -2.14. The summed E-state index contributed by atoms with van der Waals surface area (Å²) in [4.78, 5) is 11.9. The lowest BCUT2D eigenvalue weighted by molar-refractivity contribution is 0.0526. The average Bonchev–Trinajstić information content (AvgIpc) is 2.74. The van der Waals surface area contributed by atoms with E-state index in [-0.39, 0.29) is 5.97 Å². The molecule has 0 amide bonds. The van der Waals surface area contributed by atoms with E-state index in [1.54, 1.807) is 50.4 Å². The highest BCUT2D eigenvalue weighted by Gasteiger charge is 2.12. The van der Waals surface area contributed by atoms with Crippen LogP contribution in [0.1, 0.15) is 22.8 Å². The van der Waals surface area contributed by atoms with Gasteiger partial charge >= 0.3 is 5.97 Å². The highest BCUT2D eigenvalue weighted by Crippen LogP contribution is 2.36. The molecule has 0 heterocycles. The van der Waals surface area contributed by atoms with Crippen LogP contribution in [0.2, 0.25) is 0 Å². The zero-order valence-corrected chi connectivity index (χ0v) is 17.8. The normalized spacial score (nSPS) is 10.3. The van der Waals surface area contributed by atoms with Gasteiger partial charge in [-0.05, 0) is 58.7 Å². The molecule has 0 atom stereocenters. The van der Waals surface area contributed by atoms with E-state index in [9.17, 15) is 4.79 Å². The Morgan fingerprint density at radius 3 is 2.38 bits per heavy atom. The highest BCUT2D eigenvalue weighted by atomic mass is 79.9. The fourth-order valence-electron chi connectivity index (χ4n) is 2.62. The molecular formula is C23H21BrO5. The Bertz CT molecular complexity index is 972. The summed E-state index contributed by atoms with van der Waals surface area (Å²) < 4.78 is 22.9. The van der Waals surface area contributed by atoms with Crippen LogP contribution >= 0.6 is 15.9 Å². The van der Waals surface area contributed by atoms with E-state index < -0.39 is 0 Å². The van der Waals surface area contributed by atoms with Gasteiger partial charge in [0.1, 0.15) is 18.1 Å². The van der Waals surface area contributed by atoms with Crippen molar-refractivity contribution < 1.29 is 23.7 Å². The van der Waals surface area contributed by atoms with Crippen LogP contribution < -0.4 is 14.2 Å². The monoisotopic (exact) mass is 456 g/mol. The number of esters is 1. The topological polar surface area (TPSA) is 54.0 Å². The van der Waals surface area contributed by atoms with Crippen molar-refractivity contribution in [3.8, 4) is 23.0 Å². The Kier molecular flexibility index (Phi) is 7.14. The maximum atomic E-state index is 11.9. The van der Waals surface area contributed by atoms with Crippen LogP contribution in [0, 0.1) is 0 Å². The van der Waals surface area contributed by atoms with E-state index in [2.05, 4.69) is 15.9 Å². The molecule has 0 aromatic heterocycles. The highest BCUT2D eigenvalue weighted by molar-refractivity contribution is 9.10. The molecule has 0 N–H and O–H groups in total. The van der Waals surface area contributed by atoms with E-state index in [1.807, 2.05) is 30.3 Å². The molecule has 0 fully saturated rings. The van der Waals surface area contributed by atoms with Gasteiger partial charge in [-0.1, -0.05) is 30.3 Å². The second-order valence-electron chi connectivity index (χ2n) is 6.05. The number of halogens is 1. The summed E-state index contributed by atoms with van der Waals surface area (Å²) in [5.74, 6) is 1.97. The zero-order valence-electron chi connectivity index (χ0n) is 16.2. The van der Waals surface area contributed by atoms with Crippen molar-refractivity contribution in [1.29, 1.82) is 0 Å². The minimum absolute atomic E-state index is 0.326. The number of carbonyl (C=O) groups excluding carboxylic acids is 1. The van der Waals surface area contributed by atoms with Gasteiger partial charge in [-0.25, -0.2) is 4.79 Å². The number of carbonyl (C=O) groups is 1. The summed E-state index contributed by atoms with van der Waals surface area (Å²) in [5.41, 5.74) is 1.51. The molecule has 3 aromatic carbocycles. The summed E-state index contributed by atoms with van der Waals surface area (Å²) in [6.45, 7) is 2.51. The quantitative estimate of drug-likeness (QED) is 0.388. The zero-order chi connectivity index (χ0) is 20.6. The smallest absolute Gasteiger partial charge is 0.338 e. The molecule has 150 valence electrons. The molecule has 29 heavy (non-hydrogen) atoms. The summed E-state index contributed by atoms with van der Waals surface area (Å²) in [7, 11) is 1.59. The number of hydrogen-bond acceptors (Lipinski definition) is 5. The molecule has 0 spiro atoms. The van der Waals surface area contributed by atoms with E-state index in [1.165, 1.54) is 0 Å². The van der Waals surface area contributed by atoms with Crippen LogP contribution in [0.4, 0.5) is 0 Å². The summed E-state index contributed by atoms with van der Waals surface area (Å²) in [5, 5.41) is 0. The van der Waals surface area contributed by atoms with Crippen molar-refractivity contribution in [3.63, 3.8) is 0 Å². The minimum atomic E-state index is -0.374. The van der Waals surface area contributed by atoms with Gasteiger partial charge in [-0.15, -0.1) is 0 Å². The molecule has 0 saturated heterocycles. The first kappa shape index (κ1) is 20.7. The second kappa shape index (κ2) is 9.98. The molecule has 0 bridgehead atoms. The predicted octanol–water partition coefficient (Wildman–Crippen LogP) is 6.01. The maximum Gasteiger partial charge on any atom is 0.338 e. The van der Waals surface area contributed by atoms with Gasteiger partial charge in [0.05, 0.1) is 23.8 Å². The van der Waals surface area contributed by atoms with Crippen molar-refractivity contribution in [2.45, 2.75) is 13.5 Å². The van der Waals surface area contributed by atoms with Crippen molar-refractivity contribution >= 4 is 21.9 Å². The largest absolute Gasteiger partial charge is 0.493 e. The molecular weight excluding hydrogens is 436 g/mol. The van der Waals surface area contributed by atoms with Crippen LogP contribution in [0.5, 0.6) is 23.0 Å². The molecule has 0 aliphatic heterocycles. The molecule has 0 saturated carbocycles. The van der Waals surface area contributed by atoms with Gasteiger partial charge in [0.2, 0.25) is 0 Å². The SMILES string of the molecule is CCOC(=O)c1ccc(Oc2ccc(OC)c(OCc3ccccc3)c2)c(Br)c1. The molecule has 0 unspecified atom stereocenters. The molecule has 3 aromatic rings. The lowest BCUT2D eigenvalue weighted by atomic mass is 10.2. The van der Waals surface area contributed by atoms with Crippen molar-refractivity contribution in [2.75, 3.05) is 13.7 Å². The van der Waals surface area contributed by atoms with Crippen LogP contribution in [0.25, 0.3) is 0 Å². The van der Waals surface area contributed by atoms with E-state index in [0.29, 0.717) is 46.2 Å². The Morgan fingerprint density at radius 2 is 1.69 bits per heavy atom. The van der Waals surface area contributed by atoms with Gasteiger partial charge in [0, 0.05) is 6.07 Å². The van der Waals surface area contributed by atoms with Gasteiger partial charge in [-0.3, -0.25) is 0 Å². The average molecular weight is 457 g/mol. The van der Waals surface area contributed by atoms with E-state index in [4.69, 9.17) is 18.9 Å². The second-order valence-corrected chi connectivity index (χ2v) is 6.91. The molecule has 0 aliphatic rings. The number of rotatable bonds is 8. The molecule has 5 nitrogen and oxygen atoms in total. The van der Waals surface area contributed by atoms with Crippen molar-refractivity contribution in [1.82, 2.24) is 0 Å². The Labute approximate surface area is 178 Å². The number of ether oxygens (including phenoxy) is 4. The third-order valence-corrected chi connectivity index (χ3v) is 4.66. The Hall–Kier alpha value is -2.99. The number of benzene rings is 3. The molecule has 0 radical (unpaired) electrons. The first-order valence-electron chi connectivity index (χ1n) is 9.10. The minimum Gasteiger partial charge on any atom is -0.493 e. The van der Waals surface area contributed by atoms with Gasteiger partial charge in [0.25, 0.3) is 0 Å². The van der Waals surface area contributed by atoms with E-state index >= 15 is 0 Å². The van der Waals surface area contributed by atoms with Crippen LogP contribution in [0.15, 0.2) is 71.2 Å². The van der Waals surface area contributed by atoms with Gasteiger partial charge in [0.15, 0.2) is 11.5 Å². The predicted molar refractivity (Wildman–Crippen MR) is 114 cm³/mol. The van der Waals surface area contributed by atoms with Gasteiger partial charge < -0.3 is 18.9 Å². The van der Waals surface area contributed by atoms with Crippen LogP contribution in [-0.4, -0.2) is 19.7 Å². The third-order valence-electron chi connectivity index (χ3n) is 4.04. The molecule has 0 aliphatic carbocycles. The number of hydrogen-bond donors (Lipinski definition) is 0. The van der Waals surface area contributed by atoms with Crippen molar-refractivity contribution in [3.05, 3.63) is 82.3 Å². The fourth-order valence-corrected chi connectivity index (χ4v) is 3.08. The molecule has 6 heteroatoms. The van der Waals surface area contributed by atoms with Crippen LogP contribution in [-0.2, 0) is 11.3 Å². The molecule has 3 rings (SSSR count). The fraction of sp³-hybridized carbons (Fsp3) is 0.174. The van der Waals surface area contributed by atoms with Crippen LogP contribution in [0.3, 0.4) is 0 Å². The standard InChI is InChI=1S/C23H21BrO5/c1-3-27-23(25)17-9-11-20(19(24)13-17)29-18-10-12-21(26-2)22(14-18)28-15-16-7-5-4-6-8-16/h4-14H,3,15H2,1-2H3. The lowest BCUT2D eigenvalue weighted by Crippen LogP contribution is -2.04. The first-order chi connectivity index (χ1) is 14.1. The van der Waals surface area contributed by atoms with E-state index in [0.717, 1.165) is 5.56 Å². The first-order valence-corrected chi connectivity index (χ1v) is 9.89. The Morgan fingerprint density at radius 1 is 0.931 bits per heavy atom. The van der Waals surface area contributed by atoms with Gasteiger partial charge in [-0.2, -0.15) is 0 Å². The third kappa shape index (κ3) is 5.51. The van der Waals surface area contributed by atoms with Crippen molar-refractivity contribution in [2.24, 2.45) is 0 Å². The number of methoxy groups -OCH3 is 1.